The van der Waals surface area contributed by atoms with E-state index in [9.17, 15) is 9.18 Å². The van der Waals surface area contributed by atoms with Gasteiger partial charge in [0.25, 0.3) is 0 Å². The van der Waals surface area contributed by atoms with E-state index in [-0.39, 0.29) is 11.9 Å². The maximum absolute atomic E-state index is 14.2. The first-order valence-corrected chi connectivity index (χ1v) is 10.5. The second-order valence-corrected chi connectivity index (χ2v) is 7.54. The summed E-state index contributed by atoms with van der Waals surface area (Å²) in [5, 5.41) is 0. The van der Waals surface area contributed by atoms with Gasteiger partial charge < -0.3 is 15.4 Å². The van der Waals surface area contributed by atoms with Gasteiger partial charge in [-0.2, -0.15) is 4.39 Å². The number of pyridine rings is 1. The third-order valence-electron chi connectivity index (χ3n) is 5.31. The summed E-state index contributed by atoms with van der Waals surface area (Å²) in [6, 6.07) is 4.63. The van der Waals surface area contributed by atoms with Gasteiger partial charge in [0.1, 0.15) is 11.6 Å². The number of carbonyl (C=O) groups excluding carboxylic acids is 1. The van der Waals surface area contributed by atoms with E-state index in [0.717, 1.165) is 11.3 Å². The van der Waals surface area contributed by atoms with Crippen LogP contribution in [0, 0.1) is 5.95 Å². The second-order valence-electron chi connectivity index (χ2n) is 7.54. The first-order chi connectivity index (χ1) is 15.5. The number of primary amides is 1. The van der Waals surface area contributed by atoms with Gasteiger partial charge in [0, 0.05) is 55.7 Å². The van der Waals surface area contributed by atoms with Crippen LogP contribution in [0.2, 0.25) is 0 Å². The standard InChI is InChI=1S/C22H24FN7O2/c1-14-16-13-27-22(21-25-7-4-8-26-21)28-17(16)6-9-30(14)20-12-15(11-18(23)29-20)32-10-3-2-5-19(24)31/h4,7-8,11-14H,2-3,5-6,9-10H2,1H3,(H2,24,31). The number of fused-ring (bicyclic) bond motifs is 1. The summed E-state index contributed by atoms with van der Waals surface area (Å²) in [4.78, 5) is 34.4. The Labute approximate surface area is 184 Å². The van der Waals surface area contributed by atoms with Crippen molar-refractivity contribution in [1.29, 1.82) is 0 Å². The monoisotopic (exact) mass is 437 g/mol. The van der Waals surface area contributed by atoms with Crippen molar-refractivity contribution >= 4 is 11.7 Å². The fourth-order valence-electron chi connectivity index (χ4n) is 3.68. The number of anilines is 1. The zero-order valence-corrected chi connectivity index (χ0v) is 17.7. The summed E-state index contributed by atoms with van der Waals surface area (Å²) in [5.74, 6) is 0.910. The van der Waals surface area contributed by atoms with Crippen molar-refractivity contribution in [2.45, 2.75) is 38.6 Å². The fraction of sp³-hybridized carbons (Fsp3) is 0.364. The van der Waals surface area contributed by atoms with E-state index in [0.29, 0.717) is 62.1 Å². The van der Waals surface area contributed by atoms with Gasteiger partial charge in [-0.05, 0) is 25.8 Å². The molecule has 32 heavy (non-hydrogen) atoms. The number of ether oxygens (including phenoxy) is 1. The number of halogens is 1. The molecule has 4 heterocycles. The van der Waals surface area contributed by atoms with Gasteiger partial charge >= 0.3 is 0 Å². The summed E-state index contributed by atoms with van der Waals surface area (Å²) in [7, 11) is 0. The zero-order valence-electron chi connectivity index (χ0n) is 17.7. The maximum atomic E-state index is 14.2. The molecule has 0 aliphatic carbocycles. The SMILES string of the molecule is CC1c2cnc(-c3ncccn3)nc2CCN1c1cc(OCCCCC(N)=O)cc(F)n1. The molecule has 1 aliphatic heterocycles. The van der Waals surface area contributed by atoms with E-state index in [1.807, 2.05) is 11.8 Å². The first-order valence-electron chi connectivity index (χ1n) is 10.5. The Morgan fingerprint density at radius 2 is 2.00 bits per heavy atom. The Balaban J connectivity index is 1.48. The van der Waals surface area contributed by atoms with Gasteiger partial charge in [-0.1, -0.05) is 0 Å². The molecule has 4 rings (SSSR count). The molecular weight excluding hydrogens is 413 g/mol. The van der Waals surface area contributed by atoms with Crippen molar-refractivity contribution in [3.63, 3.8) is 0 Å². The smallest absolute Gasteiger partial charge is 0.218 e. The van der Waals surface area contributed by atoms with Crippen LogP contribution in [0.4, 0.5) is 10.2 Å². The number of hydrogen-bond acceptors (Lipinski definition) is 8. The molecule has 2 N–H and O–H groups in total. The molecule has 3 aromatic rings. The van der Waals surface area contributed by atoms with E-state index < -0.39 is 5.95 Å². The average Bonchev–Trinajstić information content (AvgIpc) is 2.79. The van der Waals surface area contributed by atoms with E-state index in [4.69, 9.17) is 10.5 Å². The van der Waals surface area contributed by atoms with E-state index in [2.05, 4.69) is 24.9 Å². The van der Waals surface area contributed by atoms with Crippen molar-refractivity contribution in [2.75, 3.05) is 18.1 Å². The van der Waals surface area contributed by atoms with Gasteiger partial charge in [0.05, 0.1) is 18.3 Å². The number of hydrogen-bond donors (Lipinski definition) is 1. The quantitative estimate of drug-likeness (QED) is 0.422. The average molecular weight is 437 g/mol. The molecule has 3 aromatic heterocycles. The Kier molecular flexibility index (Phi) is 6.48. The van der Waals surface area contributed by atoms with E-state index >= 15 is 0 Å². The van der Waals surface area contributed by atoms with Crippen LogP contribution in [0.3, 0.4) is 0 Å². The Hall–Kier alpha value is -3.69. The molecule has 9 nitrogen and oxygen atoms in total. The number of carbonyl (C=O) groups is 1. The second kappa shape index (κ2) is 9.63. The van der Waals surface area contributed by atoms with Crippen LogP contribution in [0.5, 0.6) is 5.75 Å². The van der Waals surface area contributed by atoms with Crippen LogP contribution in [0.25, 0.3) is 11.6 Å². The third kappa shape index (κ3) is 4.96. The molecule has 0 aromatic carbocycles. The lowest BCUT2D eigenvalue weighted by molar-refractivity contribution is -0.118. The molecule has 0 fully saturated rings. The van der Waals surface area contributed by atoms with Crippen LogP contribution in [-0.4, -0.2) is 44.0 Å². The van der Waals surface area contributed by atoms with Crippen LogP contribution in [-0.2, 0) is 11.2 Å². The number of nitrogens with two attached hydrogens (primary N) is 1. The lowest BCUT2D eigenvalue weighted by Crippen LogP contribution is -2.35. The van der Waals surface area contributed by atoms with Gasteiger partial charge in [0.15, 0.2) is 11.6 Å². The molecule has 0 bridgehead atoms. The molecule has 0 spiro atoms. The van der Waals surface area contributed by atoms with Crippen LogP contribution in [0.1, 0.15) is 43.5 Å². The summed E-state index contributed by atoms with van der Waals surface area (Å²) < 4.78 is 19.9. The van der Waals surface area contributed by atoms with Gasteiger partial charge in [0.2, 0.25) is 11.9 Å². The third-order valence-corrected chi connectivity index (χ3v) is 5.31. The summed E-state index contributed by atoms with van der Waals surface area (Å²) in [6.45, 7) is 3.00. The molecule has 0 saturated heterocycles. The van der Waals surface area contributed by atoms with Gasteiger partial charge in [-0.15, -0.1) is 0 Å². The highest BCUT2D eigenvalue weighted by Gasteiger charge is 2.27. The van der Waals surface area contributed by atoms with Gasteiger partial charge in [-0.25, -0.2) is 24.9 Å². The minimum atomic E-state index is -0.611. The van der Waals surface area contributed by atoms with E-state index in [1.165, 1.54) is 6.07 Å². The minimum absolute atomic E-state index is 0.0952. The molecular formula is C22H24FN7O2. The molecule has 10 heteroatoms. The summed E-state index contributed by atoms with van der Waals surface area (Å²) in [6.07, 6.45) is 7.34. The van der Waals surface area contributed by atoms with Crippen molar-refractivity contribution < 1.29 is 13.9 Å². The zero-order chi connectivity index (χ0) is 22.5. The molecule has 1 unspecified atom stereocenters. The van der Waals surface area contributed by atoms with Crippen molar-refractivity contribution in [3.8, 4) is 17.4 Å². The number of aromatic nitrogens is 5. The molecule has 1 atom stereocenters. The topological polar surface area (TPSA) is 120 Å². The maximum Gasteiger partial charge on any atom is 0.218 e. The molecule has 1 amide bonds. The highest BCUT2D eigenvalue weighted by atomic mass is 19.1. The van der Waals surface area contributed by atoms with Crippen molar-refractivity contribution in [3.05, 3.63) is 54.0 Å². The van der Waals surface area contributed by atoms with Crippen molar-refractivity contribution in [1.82, 2.24) is 24.9 Å². The molecule has 0 saturated carbocycles. The fourth-order valence-corrected chi connectivity index (χ4v) is 3.68. The molecule has 1 aliphatic rings. The number of amides is 1. The molecule has 166 valence electrons. The minimum Gasteiger partial charge on any atom is -0.493 e. The predicted octanol–water partition coefficient (Wildman–Crippen LogP) is 2.63. The van der Waals surface area contributed by atoms with E-state index in [1.54, 1.807) is 30.7 Å². The highest BCUT2D eigenvalue weighted by molar-refractivity contribution is 5.73. The summed E-state index contributed by atoms with van der Waals surface area (Å²) in [5.41, 5.74) is 7.01. The van der Waals surface area contributed by atoms with Crippen LogP contribution in [0.15, 0.2) is 36.8 Å². The van der Waals surface area contributed by atoms with Gasteiger partial charge in [-0.3, -0.25) is 4.79 Å². The lowest BCUT2D eigenvalue weighted by atomic mass is 9.99. The Morgan fingerprint density at radius 3 is 2.78 bits per heavy atom. The first kappa shape index (κ1) is 21.5. The summed E-state index contributed by atoms with van der Waals surface area (Å²) >= 11 is 0. The highest BCUT2D eigenvalue weighted by Crippen LogP contribution is 2.33. The van der Waals surface area contributed by atoms with Crippen LogP contribution >= 0.6 is 0 Å². The predicted molar refractivity (Wildman–Crippen MR) is 115 cm³/mol. The molecule has 0 radical (unpaired) electrons. The van der Waals surface area contributed by atoms with Crippen molar-refractivity contribution in [2.24, 2.45) is 5.73 Å². The number of unbranched alkanes of at least 4 members (excludes halogenated alkanes) is 1. The normalized spacial score (nSPS) is 15.3. The Morgan fingerprint density at radius 1 is 1.19 bits per heavy atom. The number of rotatable bonds is 8. The Bertz CT molecular complexity index is 1100. The lowest BCUT2D eigenvalue weighted by Gasteiger charge is -2.35. The number of nitrogens with zero attached hydrogens (tertiary/aromatic N) is 6. The largest absolute Gasteiger partial charge is 0.493 e. The van der Waals surface area contributed by atoms with Crippen LogP contribution < -0.4 is 15.4 Å².